The van der Waals surface area contributed by atoms with E-state index in [1.165, 1.54) is 23.5 Å². The van der Waals surface area contributed by atoms with Gasteiger partial charge in [0.25, 0.3) is 5.91 Å². The summed E-state index contributed by atoms with van der Waals surface area (Å²) in [6.45, 7) is 0.916. The first-order valence-corrected chi connectivity index (χ1v) is 8.80. The molecule has 1 amide bonds. The van der Waals surface area contributed by atoms with Crippen molar-refractivity contribution in [3.8, 4) is 11.5 Å². The Morgan fingerprint density at radius 3 is 2.56 bits per heavy atom. The molecule has 0 fully saturated rings. The number of hydrogen-bond donors (Lipinski definition) is 0. The number of ether oxygens (including phenoxy) is 2. The molecular weight excluding hydrogens is 381 g/mol. The highest BCUT2D eigenvalue weighted by Crippen LogP contribution is 2.35. The van der Waals surface area contributed by atoms with E-state index < -0.39 is 17.6 Å². The maximum absolute atomic E-state index is 12.8. The second kappa shape index (κ2) is 6.41. The molecule has 5 nitrogen and oxygen atoms in total. The van der Waals surface area contributed by atoms with Crippen LogP contribution in [-0.4, -0.2) is 23.7 Å². The SMILES string of the molecule is Cn1c(=NC(=O)c2cccc(C(F)(F)F)c2)sc2cc3c(cc21)OCCO3. The number of halogens is 3. The van der Waals surface area contributed by atoms with Crippen LogP contribution in [0.2, 0.25) is 0 Å². The van der Waals surface area contributed by atoms with Crippen LogP contribution in [-0.2, 0) is 13.2 Å². The number of aromatic nitrogens is 1. The Morgan fingerprint density at radius 2 is 1.85 bits per heavy atom. The fourth-order valence-electron chi connectivity index (χ4n) is 2.75. The van der Waals surface area contributed by atoms with Crippen LogP contribution in [0.4, 0.5) is 13.2 Å². The van der Waals surface area contributed by atoms with E-state index >= 15 is 0 Å². The van der Waals surface area contributed by atoms with E-state index in [9.17, 15) is 18.0 Å². The Bertz CT molecular complexity index is 1120. The summed E-state index contributed by atoms with van der Waals surface area (Å²) in [4.78, 5) is 16.8. The van der Waals surface area contributed by atoms with E-state index in [0.29, 0.717) is 29.5 Å². The highest BCUT2D eigenvalue weighted by atomic mass is 32.1. The Kier molecular flexibility index (Phi) is 4.18. The van der Waals surface area contributed by atoms with Gasteiger partial charge in [-0.1, -0.05) is 17.4 Å². The van der Waals surface area contributed by atoms with Gasteiger partial charge < -0.3 is 14.0 Å². The summed E-state index contributed by atoms with van der Waals surface area (Å²) >= 11 is 1.25. The van der Waals surface area contributed by atoms with Crippen LogP contribution in [0.15, 0.2) is 41.4 Å². The quantitative estimate of drug-likeness (QED) is 0.631. The number of thiazole rings is 1. The Balaban J connectivity index is 1.76. The molecule has 2 heterocycles. The smallest absolute Gasteiger partial charge is 0.416 e. The van der Waals surface area contributed by atoms with Crippen molar-refractivity contribution in [3.63, 3.8) is 0 Å². The number of aryl methyl sites for hydroxylation is 1. The van der Waals surface area contributed by atoms with Crippen molar-refractivity contribution in [3.05, 3.63) is 52.3 Å². The third kappa shape index (κ3) is 3.30. The molecule has 0 aliphatic carbocycles. The van der Waals surface area contributed by atoms with Gasteiger partial charge in [-0.25, -0.2) is 0 Å². The summed E-state index contributed by atoms with van der Waals surface area (Å²) in [5, 5.41) is 0. The van der Waals surface area contributed by atoms with Crippen LogP contribution in [0.3, 0.4) is 0 Å². The lowest BCUT2D eigenvalue weighted by molar-refractivity contribution is -0.137. The van der Waals surface area contributed by atoms with Crippen LogP contribution in [0.1, 0.15) is 15.9 Å². The van der Waals surface area contributed by atoms with Gasteiger partial charge in [0.1, 0.15) is 13.2 Å². The minimum absolute atomic E-state index is 0.117. The third-order valence-corrected chi connectivity index (χ3v) is 5.20. The van der Waals surface area contributed by atoms with Crippen LogP contribution in [0.5, 0.6) is 11.5 Å². The summed E-state index contributed by atoms with van der Waals surface area (Å²) in [6.07, 6.45) is -4.52. The van der Waals surface area contributed by atoms with Crippen molar-refractivity contribution in [2.45, 2.75) is 6.18 Å². The number of alkyl halides is 3. The lowest BCUT2D eigenvalue weighted by atomic mass is 10.1. The van der Waals surface area contributed by atoms with Crippen LogP contribution in [0, 0.1) is 0 Å². The average molecular weight is 394 g/mol. The fourth-order valence-corrected chi connectivity index (χ4v) is 3.78. The van der Waals surface area contributed by atoms with Gasteiger partial charge in [-0.15, -0.1) is 0 Å². The van der Waals surface area contributed by atoms with Gasteiger partial charge in [0.2, 0.25) is 0 Å². The van der Waals surface area contributed by atoms with Gasteiger partial charge in [0, 0.05) is 24.7 Å². The fraction of sp³-hybridized carbons (Fsp3) is 0.222. The molecule has 1 aliphatic rings. The van der Waals surface area contributed by atoms with Gasteiger partial charge >= 0.3 is 6.18 Å². The van der Waals surface area contributed by atoms with Gasteiger partial charge in [-0.3, -0.25) is 4.79 Å². The third-order valence-electron chi connectivity index (χ3n) is 4.11. The second-order valence-electron chi connectivity index (χ2n) is 5.90. The molecule has 9 heteroatoms. The summed E-state index contributed by atoms with van der Waals surface area (Å²) in [7, 11) is 1.73. The number of carbonyl (C=O) groups excluding carboxylic acids is 1. The predicted octanol–water partition coefficient (Wildman–Crippen LogP) is 3.77. The molecule has 0 saturated carbocycles. The molecule has 0 N–H and O–H groups in total. The number of rotatable bonds is 1. The molecule has 0 atom stereocenters. The van der Waals surface area contributed by atoms with Gasteiger partial charge in [0.05, 0.1) is 15.8 Å². The summed E-state index contributed by atoms with van der Waals surface area (Å²) in [6, 6.07) is 7.84. The van der Waals surface area contributed by atoms with Crippen molar-refractivity contribution >= 4 is 27.5 Å². The first-order chi connectivity index (χ1) is 12.8. The molecule has 1 aromatic heterocycles. The number of hydrogen-bond acceptors (Lipinski definition) is 4. The van der Waals surface area contributed by atoms with E-state index in [2.05, 4.69) is 4.99 Å². The monoisotopic (exact) mass is 394 g/mol. The normalized spacial score (nSPS) is 14.6. The van der Waals surface area contributed by atoms with E-state index in [-0.39, 0.29) is 5.56 Å². The molecule has 0 bridgehead atoms. The highest BCUT2D eigenvalue weighted by Gasteiger charge is 2.30. The van der Waals surface area contributed by atoms with E-state index in [1.807, 2.05) is 6.07 Å². The minimum Gasteiger partial charge on any atom is -0.486 e. The van der Waals surface area contributed by atoms with Gasteiger partial charge in [0.15, 0.2) is 16.3 Å². The number of benzene rings is 2. The number of fused-ring (bicyclic) bond motifs is 2. The van der Waals surface area contributed by atoms with Crippen molar-refractivity contribution < 1.29 is 27.4 Å². The van der Waals surface area contributed by atoms with Crippen molar-refractivity contribution in [2.24, 2.45) is 12.0 Å². The van der Waals surface area contributed by atoms with Gasteiger partial charge in [-0.05, 0) is 18.2 Å². The molecule has 0 spiro atoms. The van der Waals surface area contributed by atoms with Crippen molar-refractivity contribution in [2.75, 3.05) is 13.2 Å². The van der Waals surface area contributed by atoms with E-state index in [1.54, 1.807) is 17.7 Å². The molecule has 0 radical (unpaired) electrons. The molecule has 1 aliphatic heterocycles. The molecular formula is C18H13F3N2O3S. The predicted molar refractivity (Wildman–Crippen MR) is 93.1 cm³/mol. The second-order valence-corrected chi connectivity index (χ2v) is 6.91. The van der Waals surface area contributed by atoms with E-state index in [4.69, 9.17) is 9.47 Å². The number of nitrogens with zero attached hydrogens (tertiary/aromatic N) is 2. The highest BCUT2D eigenvalue weighted by molar-refractivity contribution is 7.16. The maximum Gasteiger partial charge on any atom is 0.416 e. The average Bonchev–Trinajstić information content (AvgIpc) is 2.94. The summed E-state index contributed by atoms with van der Waals surface area (Å²) < 4.78 is 52.2. The van der Waals surface area contributed by atoms with Crippen molar-refractivity contribution in [1.82, 2.24) is 4.57 Å². The zero-order valence-electron chi connectivity index (χ0n) is 14.0. The lowest BCUT2D eigenvalue weighted by Crippen LogP contribution is -2.16. The molecule has 0 unspecified atom stereocenters. The Hall–Kier alpha value is -2.81. The molecule has 0 saturated heterocycles. The molecule has 27 heavy (non-hydrogen) atoms. The molecule has 3 aromatic rings. The number of carbonyl (C=O) groups is 1. The summed E-state index contributed by atoms with van der Waals surface area (Å²) in [5.41, 5.74) is -0.209. The zero-order valence-corrected chi connectivity index (χ0v) is 14.9. The van der Waals surface area contributed by atoms with Crippen LogP contribution < -0.4 is 14.3 Å². The summed E-state index contributed by atoms with van der Waals surface area (Å²) in [5.74, 6) is 0.491. The van der Waals surface area contributed by atoms with Crippen LogP contribution in [0.25, 0.3) is 10.2 Å². The van der Waals surface area contributed by atoms with E-state index in [0.717, 1.165) is 22.3 Å². The number of amides is 1. The topological polar surface area (TPSA) is 52.8 Å². The molecule has 2 aromatic carbocycles. The first-order valence-electron chi connectivity index (χ1n) is 7.98. The minimum atomic E-state index is -4.52. The molecule has 4 rings (SSSR count). The maximum atomic E-state index is 12.8. The van der Waals surface area contributed by atoms with Crippen molar-refractivity contribution in [1.29, 1.82) is 0 Å². The zero-order chi connectivity index (χ0) is 19.2. The molecule has 140 valence electrons. The largest absolute Gasteiger partial charge is 0.486 e. The lowest BCUT2D eigenvalue weighted by Gasteiger charge is -2.18. The Morgan fingerprint density at radius 1 is 1.15 bits per heavy atom. The first kappa shape index (κ1) is 17.6. The van der Waals surface area contributed by atoms with Crippen LogP contribution >= 0.6 is 11.3 Å². The Labute approximate surface area is 155 Å². The standard InChI is InChI=1S/C18H13F3N2O3S/c1-23-12-8-13-14(26-6-5-25-13)9-15(12)27-17(23)22-16(24)10-3-2-4-11(7-10)18(19,20)21/h2-4,7-9H,5-6H2,1H3. The van der Waals surface area contributed by atoms with Gasteiger partial charge in [-0.2, -0.15) is 18.2 Å².